The van der Waals surface area contributed by atoms with Gasteiger partial charge in [0.2, 0.25) is 0 Å². The Morgan fingerprint density at radius 2 is 2.00 bits per heavy atom. The smallest absolute Gasteiger partial charge is 0.0396 e. The van der Waals surface area contributed by atoms with E-state index in [0.717, 1.165) is 23.6 Å². The summed E-state index contributed by atoms with van der Waals surface area (Å²) in [4.78, 5) is 4.28. The first kappa shape index (κ1) is 8.78. The van der Waals surface area contributed by atoms with Crippen molar-refractivity contribution in [3.63, 3.8) is 0 Å². The van der Waals surface area contributed by atoms with Crippen molar-refractivity contribution in [2.24, 2.45) is 0 Å². The minimum Gasteiger partial charge on any atom is -0.381 e. The number of nitrogens with one attached hydrogen (secondary N) is 1. The van der Waals surface area contributed by atoms with Crippen LogP contribution in [0.15, 0.2) is 24.8 Å². The molecule has 0 amide bonds. The molecule has 2 nitrogen and oxygen atoms in total. The zero-order valence-corrected chi connectivity index (χ0v) is 7.59. The molecule has 0 saturated heterocycles. The second-order valence-electron chi connectivity index (χ2n) is 2.81. The molecule has 0 aliphatic rings. The molecular formula is C10H14N2. The van der Waals surface area contributed by atoms with E-state index in [-0.39, 0.29) is 0 Å². The number of hydrogen-bond donors (Lipinski definition) is 1. The number of nitrogens with zero attached hydrogens (tertiary/aromatic N) is 1. The van der Waals surface area contributed by atoms with Crippen molar-refractivity contribution in [1.29, 1.82) is 0 Å². The molecule has 0 radical (unpaired) electrons. The Balaban J connectivity index is 2.78. The lowest BCUT2D eigenvalue weighted by molar-refractivity contribution is 1.12. The monoisotopic (exact) mass is 162 g/mol. The van der Waals surface area contributed by atoms with E-state index in [0.29, 0.717) is 0 Å². The predicted octanol–water partition coefficient (Wildman–Crippen LogP) is 2.30. The molecule has 1 N–H and O–H groups in total. The number of pyridine rings is 1. The zero-order chi connectivity index (χ0) is 8.97. The maximum Gasteiger partial charge on any atom is 0.0396 e. The van der Waals surface area contributed by atoms with Crippen LogP contribution in [0.3, 0.4) is 0 Å². The Morgan fingerprint density at radius 1 is 1.42 bits per heavy atom. The van der Waals surface area contributed by atoms with Crippen LogP contribution in [-0.2, 0) is 0 Å². The molecule has 0 bridgehead atoms. The first-order valence-corrected chi connectivity index (χ1v) is 4.02. The minimum atomic E-state index is 0.795. The van der Waals surface area contributed by atoms with Gasteiger partial charge in [-0.15, -0.1) is 6.58 Å². The molecule has 12 heavy (non-hydrogen) atoms. The van der Waals surface area contributed by atoms with Crippen LogP contribution in [0.4, 0.5) is 5.69 Å². The maximum absolute atomic E-state index is 4.28. The summed E-state index contributed by atoms with van der Waals surface area (Å²) in [6.07, 6.45) is 1.84. The third-order valence-corrected chi connectivity index (χ3v) is 1.53. The third-order valence-electron chi connectivity index (χ3n) is 1.53. The van der Waals surface area contributed by atoms with Gasteiger partial charge in [0.05, 0.1) is 0 Å². The molecule has 1 aromatic heterocycles. The summed E-state index contributed by atoms with van der Waals surface area (Å²) >= 11 is 0. The van der Waals surface area contributed by atoms with Crippen LogP contribution in [0.25, 0.3) is 0 Å². The largest absolute Gasteiger partial charge is 0.381 e. The standard InChI is InChI=1S/C10H14N2/c1-4-5-11-10-6-8(2)12-9(3)7-10/h4,6-7H,1,5H2,2-3H3,(H,11,12). The van der Waals surface area contributed by atoms with Crippen LogP contribution >= 0.6 is 0 Å². The summed E-state index contributed by atoms with van der Waals surface area (Å²) < 4.78 is 0. The average molecular weight is 162 g/mol. The molecule has 0 unspecified atom stereocenters. The summed E-state index contributed by atoms with van der Waals surface area (Å²) in [6, 6.07) is 4.05. The van der Waals surface area contributed by atoms with E-state index in [1.54, 1.807) is 0 Å². The Hall–Kier alpha value is -1.31. The van der Waals surface area contributed by atoms with Gasteiger partial charge in [-0.05, 0) is 26.0 Å². The molecule has 1 rings (SSSR count). The van der Waals surface area contributed by atoms with Crippen LogP contribution in [-0.4, -0.2) is 11.5 Å². The number of rotatable bonds is 3. The van der Waals surface area contributed by atoms with Gasteiger partial charge in [-0.1, -0.05) is 6.08 Å². The summed E-state index contributed by atoms with van der Waals surface area (Å²) in [5.74, 6) is 0. The van der Waals surface area contributed by atoms with E-state index >= 15 is 0 Å². The van der Waals surface area contributed by atoms with E-state index in [1.165, 1.54) is 0 Å². The van der Waals surface area contributed by atoms with Crippen LogP contribution in [0.2, 0.25) is 0 Å². The van der Waals surface area contributed by atoms with Gasteiger partial charge < -0.3 is 5.32 Å². The molecule has 0 aromatic carbocycles. The number of hydrogen-bond acceptors (Lipinski definition) is 2. The highest BCUT2D eigenvalue weighted by molar-refractivity contribution is 5.45. The van der Waals surface area contributed by atoms with Gasteiger partial charge in [-0.3, -0.25) is 4.98 Å². The second kappa shape index (κ2) is 3.90. The van der Waals surface area contributed by atoms with Crippen LogP contribution in [0, 0.1) is 13.8 Å². The fourth-order valence-corrected chi connectivity index (χ4v) is 1.13. The van der Waals surface area contributed by atoms with E-state index in [1.807, 2.05) is 32.1 Å². The molecule has 2 heteroatoms. The van der Waals surface area contributed by atoms with Gasteiger partial charge in [0.1, 0.15) is 0 Å². The van der Waals surface area contributed by atoms with Crippen molar-refractivity contribution in [2.45, 2.75) is 13.8 Å². The van der Waals surface area contributed by atoms with Crippen molar-refractivity contribution < 1.29 is 0 Å². The van der Waals surface area contributed by atoms with E-state index in [4.69, 9.17) is 0 Å². The maximum atomic E-state index is 4.28. The molecule has 0 spiro atoms. The Labute approximate surface area is 73.3 Å². The molecule has 0 aliphatic heterocycles. The van der Waals surface area contributed by atoms with Crippen LogP contribution in [0.5, 0.6) is 0 Å². The van der Waals surface area contributed by atoms with E-state index < -0.39 is 0 Å². The van der Waals surface area contributed by atoms with E-state index in [9.17, 15) is 0 Å². The van der Waals surface area contributed by atoms with Crippen LogP contribution < -0.4 is 5.32 Å². The predicted molar refractivity (Wildman–Crippen MR) is 52.4 cm³/mol. The Morgan fingerprint density at radius 3 is 2.50 bits per heavy atom. The lowest BCUT2D eigenvalue weighted by Crippen LogP contribution is -1.99. The van der Waals surface area contributed by atoms with Gasteiger partial charge in [0.25, 0.3) is 0 Å². The van der Waals surface area contributed by atoms with Gasteiger partial charge in [0, 0.05) is 23.6 Å². The van der Waals surface area contributed by atoms with Crippen molar-refractivity contribution >= 4 is 5.69 Å². The Kier molecular flexibility index (Phi) is 2.86. The van der Waals surface area contributed by atoms with Crippen molar-refractivity contribution in [3.05, 3.63) is 36.2 Å². The average Bonchev–Trinajstić information content (AvgIpc) is 1.99. The molecule has 1 aromatic rings. The number of anilines is 1. The van der Waals surface area contributed by atoms with Gasteiger partial charge >= 0.3 is 0 Å². The third kappa shape index (κ3) is 2.38. The van der Waals surface area contributed by atoms with Crippen molar-refractivity contribution in [3.8, 4) is 0 Å². The minimum absolute atomic E-state index is 0.795. The summed E-state index contributed by atoms with van der Waals surface area (Å²) in [6.45, 7) is 8.42. The van der Waals surface area contributed by atoms with Crippen molar-refractivity contribution in [2.75, 3.05) is 11.9 Å². The highest BCUT2D eigenvalue weighted by Crippen LogP contribution is 2.09. The van der Waals surface area contributed by atoms with Gasteiger partial charge in [-0.25, -0.2) is 0 Å². The van der Waals surface area contributed by atoms with Crippen molar-refractivity contribution in [1.82, 2.24) is 4.98 Å². The molecule has 0 atom stereocenters. The lowest BCUT2D eigenvalue weighted by atomic mass is 10.3. The SMILES string of the molecule is C=CCNc1cc(C)nc(C)c1. The first-order chi connectivity index (χ1) is 5.72. The molecule has 0 saturated carbocycles. The van der Waals surface area contributed by atoms with Gasteiger partial charge in [-0.2, -0.15) is 0 Å². The summed E-state index contributed by atoms with van der Waals surface area (Å²) in [5.41, 5.74) is 3.20. The highest BCUT2D eigenvalue weighted by atomic mass is 14.9. The fraction of sp³-hybridized carbons (Fsp3) is 0.300. The molecule has 0 aliphatic carbocycles. The number of aryl methyl sites for hydroxylation is 2. The van der Waals surface area contributed by atoms with E-state index in [2.05, 4.69) is 16.9 Å². The lowest BCUT2D eigenvalue weighted by Gasteiger charge is -2.04. The summed E-state index contributed by atoms with van der Waals surface area (Å²) in [5, 5.41) is 3.22. The topological polar surface area (TPSA) is 24.9 Å². The van der Waals surface area contributed by atoms with Gasteiger partial charge in [0.15, 0.2) is 0 Å². The van der Waals surface area contributed by atoms with Crippen LogP contribution in [0.1, 0.15) is 11.4 Å². The molecular weight excluding hydrogens is 148 g/mol. The molecule has 1 heterocycles. The molecule has 64 valence electrons. The Bertz CT molecular complexity index is 259. The second-order valence-corrected chi connectivity index (χ2v) is 2.81. The molecule has 0 fully saturated rings. The zero-order valence-electron chi connectivity index (χ0n) is 7.59. The highest BCUT2D eigenvalue weighted by Gasteiger charge is 1.93. The normalized spacial score (nSPS) is 9.50. The summed E-state index contributed by atoms with van der Waals surface area (Å²) in [7, 11) is 0. The quantitative estimate of drug-likeness (QED) is 0.690. The fourth-order valence-electron chi connectivity index (χ4n) is 1.13. The first-order valence-electron chi connectivity index (χ1n) is 4.02. The number of aromatic nitrogens is 1.